The van der Waals surface area contributed by atoms with E-state index in [9.17, 15) is 4.79 Å². The smallest absolute Gasteiger partial charge is 0.242 e. The molecule has 0 aliphatic heterocycles. The molecule has 1 amide bonds. The number of likely N-dealkylation sites (N-methyl/N-ethyl adjacent to an activating group) is 1. The quantitative estimate of drug-likeness (QED) is 0.851. The van der Waals surface area contributed by atoms with Gasteiger partial charge in [-0.1, -0.05) is 12.1 Å². The van der Waals surface area contributed by atoms with Gasteiger partial charge in [0.15, 0.2) is 0 Å². The molecule has 0 saturated carbocycles. The van der Waals surface area contributed by atoms with Crippen molar-refractivity contribution in [3.8, 4) is 6.07 Å². The molecule has 1 rings (SSSR count). The van der Waals surface area contributed by atoms with Gasteiger partial charge in [0, 0.05) is 13.6 Å². The first-order chi connectivity index (χ1) is 7.84. The van der Waals surface area contributed by atoms with Gasteiger partial charge in [-0.2, -0.15) is 5.26 Å². The molecular weight excluding hydrogens is 214 g/mol. The number of nitriles is 1. The number of rotatable bonds is 3. The van der Waals surface area contributed by atoms with Crippen LogP contribution in [0.3, 0.4) is 0 Å². The fourth-order valence-corrected chi connectivity index (χ4v) is 1.58. The van der Waals surface area contributed by atoms with Crippen LogP contribution in [0.15, 0.2) is 24.3 Å². The Kier molecular flexibility index (Phi) is 3.87. The second kappa shape index (κ2) is 4.98. The summed E-state index contributed by atoms with van der Waals surface area (Å²) in [5.74, 6) is -0.125. The van der Waals surface area contributed by atoms with E-state index in [2.05, 4.69) is 6.07 Å². The highest BCUT2D eigenvalue weighted by atomic mass is 16.2. The van der Waals surface area contributed by atoms with Crippen molar-refractivity contribution in [1.82, 2.24) is 4.90 Å². The monoisotopic (exact) mass is 231 g/mol. The maximum atomic E-state index is 11.9. The molecule has 90 valence electrons. The lowest BCUT2D eigenvalue weighted by atomic mass is 10.0. The highest BCUT2D eigenvalue weighted by Crippen LogP contribution is 2.10. The molecule has 0 aliphatic rings. The van der Waals surface area contributed by atoms with Gasteiger partial charge in [-0.3, -0.25) is 4.79 Å². The van der Waals surface area contributed by atoms with Gasteiger partial charge >= 0.3 is 0 Å². The second-order valence-electron chi connectivity index (χ2n) is 4.70. The second-order valence-corrected chi connectivity index (χ2v) is 4.70. The molecule has 1 aromatic carbocycles. The Bertz CT molecular complexity index is 454. The van der Waals surface area contributed by atoms with Gasteiger partial charge in [0.1, 0.15) is 0 Å². The molecule has 0 atom stereocenters. The van der Waals surface area contributed by atoms with Gasteiger partial charge in [-0.25, -0.2) is 0 Å². The van der Waals surface area contributed by atoms with Crippen LogP contribution in [-0.4, -0.2) is 23.4 Å². The van der Waals surface area contributed by atoms with E-state index in [0.29, 0.717) is 12.1 Å². The van der Waals surface area contributed by atoms with E-state index in [0.717, 1.165) is 5.56 Å². The molecule has 0 radical (unpaired) electrons. The van der Waals surface area contributed by atoms with Crippen LogP contribution in [-0.2, 0) is 11.3 Å². The number of amides is 1. The van der Waals surface area contributed by atoms with Gasteiger partial charge < -0.3 is 10.6 Å². The average molecular weight is 231 g/mol. The summed E-state index contributed by atoms with van der Waals surface area (Å²) in [6, 6.07) is 9.27. The van der Waals surface area contributed by atoms with E-state index in [1.807, 2.05) is 6.07 Å². The van der Waals surface area contributed by atoms with Crippen LogP contribution in [0, 0.1) is 11.3 Å². The standard InChI is InChI=1S/C13H17N3O/c1-13(2,15)12(17)16(3)9-11-6-4-5-10(7-11)8-14/h4-7H,9,15H2,1-3H3. The zero-order valence-electron chi connectivity index (χ0n) is 10.4. The maximum Gasteiger partial charge on any atom is 0.242 e. The Morgan fingerprint density at radius 2 is 2.18 bits per heavy atom. The summed E-state index contributed by atoms with van der Waals surface area (Å²) in [5, 5.41) is 8.78. The van der Waals surface area contributed by atoms with Crippen molar-refractivity contribution in [2.45, 2.75) is 25.9 Å². The minimum Gasteiger partial charge on any atom is -0.340 e. The molecule has 0 spiro atoms. The normalized spacial score (nSPS) is 10.8. The highest BCUT2D eigenvalue weighted by molar-refractivity contribution is 5.84. The molecule has 17 heavy (non-hydrogen) atoms. The molecule has 0 heterocycles. The Balaban J connectivity index is 2.78. The van der Waals surface area contributed by atoms with E-state index < -0.39 is 5.54 Å². The van der Waals surface area contributed by atoms with Crippen LogP contribution in [0.2, 0.25) is 0 Å². The van der Waals surface area contributed by atoms with Crippen molar-refractivity contribution in [3.05, 3.63) is 35.4 Å². The molecule has 4 heteroatoms. The van der Waals surface area contributed by atoms with Crippen LogP contribution >= 0.6 is 0 Å². The summed E-state index contributed by atoms with van der Waals surface area (Å²) >= 11 is 0. The summed E-state index contributed by atoms with van der Waals surface area (Å²) in [4.78, 5) is 13.4. The topological polar surface area (TPSA) is 70.1 Å². The number of hydrogen-bond acceptors (Lipinski definition) is 3. The van der Waals surface area contributed by atoms with Crippen molar-refractivity contribution >= 4 is 5.91 Å². The molecule has 0 unspecified atom stereocenters. The number of nitrogens with zero attached hydrogens (tertiary/aromatic N) is 2. The Morgan fingerprint density at radius 3 is 2.71 bits per heavy atom. The minimum atomic E-state index is -0.873. The number of carbonyl (C=O) groups excluding carboxylic acids is 1. The van der Waals surface area contributed by atoms with E-state index in [1.165, 1.54) is 0 Å². The summed E-state index contributed by atoms with van der Waals surface area (Å²) in [6.45, 7) is 3.81. The minimum absolute atomic E-state index is 0.125. The van der Waals surface area contributed by atoms with E-state index >= 15 is 0 Å². The third-order valence-electron chi connectivity index (χ3n) is 2.37. The maximum absolute atomic E-state index is 11.9. The highest BCUT2D eigenvalue weighted by Gasteiger charge is 2.25. The Morgan fingerprint density at radius 1 is 1.53 bits per heavy atom. The van der Waals surface area contributed by atoms with Crippen LogP contribution in [0.5, 0.6) is 0 Å². The van der Waals surface area contributed by atoms with Crippen molar-refractivity contribution in [3.63, 3.8) is 0 Å². The lowest BCUT2D eigenvalue weighted by Gasteiger charge is -2.25. The molecule has 1 aromatic rings. The average Bonchev–Trinajstić information content (AvgIpc) is 2.27. The first kappa shape index (κ1) is 13.2. The van der Waals surface area contributed by atoms with Crippen LogP contribution in [0.4, 0.5) is 0 Å². The zero-order valence-corrected chi connectivity index (χ0v) is 10.4. The first-order valence-electron chi connectivity index (χ1n) is 5.38. The Hall–Kier alpha value is -1.86. The molecule has 0 aliphatic carbocycles. The molecule has 0 bridgehead atoms. The largest absolute Gasteiger partial charge is 0.340 e. The molecule has 0 saturated heterocycles. The lowest BCUT2D eigenvalue weighted by Crippen LogP contribution is -2.49. The van der Waals surface area contributed by atoms with Gasteiger partial charge in [-0.15, -0.1) is 0 Å². The van der Waals surface area contributed by atoms with Crippen LogP contribution in [0.1, 0.15) is 25.0 Å². The van der Waals surface area contributed by atoms with Gasteiger partial charge in [-0.05, 0) is 31.5 Å². The predicted octanol–water partition coefficient (Wildman–Crippen LogP) is 1.25. The van der Waals surface area contributed by atoms with Crippen molar-refractivity contribution < 1.29 is 4.79 Å². The fraction of sp³-hybridized carbons (Fsp3) is 0.385. The summed E-state index contributed by atoms with van der Waals surface area (Å²) < 4.78 is 0. The zero-order chi connectivity index (χ0) is 13.1. The van der Waals surface area contributed by atoms with Crippen molar-refractivity contribution in [2.75, 3.05) is 7.05 Å². The fourth-order valence-electron chi connectivity index (χ4n) is 1.58. The number of carbonyl (C=O) groups is 1. The van der Waals surface area contributed by atoms with Gasteiger partial charge in [0.05, 0.1) is 17.2 Å². The van der Waals surface area contributed by atoms with E-state index in [4.69, 9.17) is 11.0 Å². The van der Waals surface area contributed by atoms with Crippen molar-refractivity contribution in [1.29, 1.82) is 5.26 Å². The first-order valence-corrected chi connectivity index (χ1v) is 5.38. The third-order valence-corrected chi connectivity index (χ3v) is 2.37. The SMILES string of the molecule is CN(Cc1cccc(C#N)c1)C(=O)C(C)(C)N. The summed E-state index contributed by atoms with van der Waals surface area (Å²) in [7, 11) is 1.70. The lowest BCUT2D eigenvalue weighted by molar-refractivity contribution is -0.134. The van der Waals surface area contributed by atoms with Crippen LogP contribution in [0.25, 0.3) is 0 Å². The molecule has 0 aromatic heterocycles. The molecular formula is C13H17N3O. The molecule has 0 fully saturated rings. The summed E-state index contributed by atoms with van der Waals surface area (Å²) in [5.41, 5.74) is 6.39. The number of benzene rings is 1. The van der Waals surface area contributed by atoms with E-state index in [-0.39, 0.29) is 5.91 Å². The van der Waals surface area contributed by atoms with Crippen molar-refractivity contribution in [2.24, 2.45) is 5.73 Å². The number of hydrogen-bond donors (Lipinski definition) is 1. The van der Waals surface area contributed by atoms with Gasteiger partial charge in [0.2, 0.25) is 5.91 Å². The molecule has 4 nitrogen and oxygen atoms in total. The Labute approximate surface area is 102 Å². The van der Waals surface area contributed by atoms with E-state index in [1.54, 1.807) is 44.0 Å². The van der Waals surface area contributed by atoms with Gasteiger partial charge in [0.25, 0.3) is 0 Å². The number of nitrogens with two attached hydrogens (primary N) is 1. The van der Waals surface area contributed by atoms with Crippen LogP contribution < -0.4 is 5.73 Å². The molecule has 2 N–H and O–H groups in total. The summed E-state index contributed by atoms with van der Waals surface area (Å²) in [6.07, 6.45) is 0. The predicted molar refractivity (Wildman–Crippen MR) is 65.9 cm³/mol. The third kappa shape index (κ3) is 3.58.